The summed E-state index contributed by atoms with van der Waals surface area (Å²) in [5.74, 6) is -3.67. The lowest BCUT2D eigenvalue weighted by atomic mass is 9.90. The largest absolute Gasteiger partial charge is 0.368 e. The Hall–Kier alpha value is -1.23. The summed E-state index contributed by atoms with van der Waals surface area (Å²) >= 11 is 0. The van der Waals surface area contributed by atoms with Crippen molar-refractivity contribution in [2.24, 2.45) is 0 Å². The predicted molar refractivity (Wildman–Crippen MR) is 69.8 cm³/mol. The van der Waals surface area contributed by atoms with Crippen LogP contribution in [0.15, 0.2) is 12.1 Å². The molecular weight excluding hydrogens is 253 g/mol. The normalized spacial score (nSPS) is 18.7. The highest BCUT2D eigenvalue weighted by Gasteiger charge is 2.32. The van der Waals surface area contributed by atoms with Crippen LogP contribution in [-0.4, -0.2) is 25.2 Å². The zero-order valence-electron chi connectivity index (χ0n) is 11.3. The summed E-state index contributed by atoms with van der Waals surface area (Å²) in [7, 11) is 0. The van der Waals surface area contributed by atoms with E-state index in [1.54, 1.807) is 0 Å². The summed E-state index contributed by atoms with van der Waals surface area (Å²) in [6.07, 6.45) is 1.87. The van der Waals surface area contributed by atoms with Gasteiger partial charge in [-0.05, 0) is 12.8 Å². The average Bonchev–Trinajstić information content (AvgIpc) is 2.44. The van der Waals surface area contributed by atoms with E-state index in [-0.39, 0.29) is 5.54 Å². The summed E-state index contributed by atoms with van der Waals surface area (Å²) < 4.78 is 39.6. The van der Waals surface area contributed by atoms with Gasteiger partial charge in [0.2, 0.25) is 0 Å². The Morgan fingerprint density at radius 3 is 2.26 bits per heavy atom. The van der Waals surface area contributed by atoms with Gasteiger partial charge in [-0.3, -0.25) is 0 Å². The van der Waals surface area contributed by atoms with Crippen LogP contribution in [-0.2, 0) is 0 Å². The number of rotatable bonds is 3. The van der Waals surface area contributed by atoms with Crippen molar-refractivity contribution in [2.75, 3.05) is 24.5 Å². The molecule has 0 saturated carbocycles. The van der Waals surface area contributed by atoms with Gasteiger partial charge in [0.05, 0.1) is 0 Å². The molecule has 0 atom stereocenters. The lowest BCUT2D eigenvalue weighted by Gasteiger charge is -2.44. The number of piperazine rings is 1. The second-order valence-electron chi connectivity index (χ2n) is 5.06. The molecule has 19 heavy (non-hydrogen) atoms. The van der Waals surface area contributed by atoms with Gasteiger partial charge in [0.1, 0.15) is 0 Å². The first-order valence-electron chi connectivity index (χ1n) is 6.66. The van der Waals surface area contributed by atoms with Gasteiger partial charge in [0.25, 0.3) is 0 Å². The van der Waals surface area contributed by atoms with E-state index in [0.29, 0.717) is 18.8 Å². The zero-order valence-corrected chi connectivity index (χ0v) is 11.3. The van der Waals surface area contributed by atoms with Crippen molar-refractivity contribution < 1.29 is 13.2 Å². The molecular formula is C14H19F3N2. The molecule has 0 spiro atoms. The summed E-state index contributed by atoms with van der Waals surface area (Å²) in [5, 5.41) is 3.47. The Morgan fingerprint density at radius 1 is 1.16 bits per heavy atom. The van der Waals surface area contributed by atoms with Crippen molar-refractivity contribution in [1.82, 2.24) is 5.32 Å². The molecule has 2 rings (SSSR count). The second kappa shape index (κ2) is 5.41. The Balaban J connectivity index is 2.27. The fourth-order valence-electron chi connectivity index (χ4n) is 2.63. The molecule has 2 nitrogen and oxygen atoms in total. The molecule has 1 aromatic carbocycles. The molecule has 0 aliphatic carbocycles. The van der Waals surface area contributed by atoms with Crippen LogP contribution >= 0.6 is 0 Å². The molecule has 1 fully saturated rings. The van der Waals surface area contributed by atoms with Gasteiger partial charge in [0.15, 0.2) is 17.5 Å². The maximum Gasteiger partial charge on any atom is 0.194 e. The Kier molecular flexibility index (Phi) is 4.04. The third-order valence-electron chi connectivity index (χ3n) is 4.06. The van der Waals surface area contributed by atoms with Crippen LogP contribution in [0.2, 0.25) is 0 Å². The summed E-state index contributed by atoms with van der Waals surface area (Å²) in [6.45, 7) is 6.26. The SMILES string of the molecule is CCC1(CC)CN(c2cc(F)c(F)c(F)c2)CCN1. The average molecular weight is 272 g/mol. The highest BCUT2D eigenvalue weighted by Crippen LogP contribution is 2.26. The van der Waals surface area contributed by atoms with Gasteiger partial charge in [-0.25, -0.2) is 13.2 Å². The smallest absolute Gasteiger partial charge is 0.194 e. The molecule has 5 heteroatoms. The van der Waals surface area contributed by atoms with E-state index in [2.05, 4.69) is 19.2 Å². The first-order valence-corrected chi connectivity index (χ1v) is 6.66. The number of nitrogens with zero attached hydrogens (tertiary/aromatic N) is 1. The highest BCUT2D eigenvalue weighted by molar-refractivity contribution is 5.48. The van der Waals surface area contributed by atoms with Gasteiger partial charge < -0.3 is 10.2 Å². The van der Waals surface area contributed by atoms with Crippen molar-refractivity contribution in [1.29, 1.82) is 0 Å². The van der Waals surface area contributed by atoms with Crippen molar-refractivity contribution in [3.63, 3.8) is 0 Å². The van der Waals surface area contributed by atoms with E-state index in [1.807, 2.05) is 4.90 Å². The number of nitrogens with one attached hydrogen (secondary N) is 1. The fraction of sp³-hybridized carbons (Fsp3) is 0.571. The van der Waals surface area contributed by atoms with E-state index < -0.39 is 17.5 Å². The molecule has 1 N–H and O–H groups in total. The first kappa shape index (κ1) is 14.2. The van der Waals surface area contributed by atoms with E-state index in [4.69, 9.17) is 0 Å². The van der Waals surface area contributed by atoms with Crippen LogP contribution in [0.25, 0.3) is 0 Å². The molecule has 0 bridgehead atoms. The van der Waals surface area contributed by atoms with Crippen LogP contribution in [0.5, 0.6) is 0 Å². The Labute approximate surface area is 111 Å². The van der Waals surface area contributed by atoms with Gasteiger partial charge >= 0.3 is 0 Å². The lowest BCUT2D eigenvalue weighted by molar-refractivity contribution is 0.277. The van der Waals surface area contributed by atoms with Crippen LogP contribution in [0.1, 0.15) is 26.7 Å². The van der Waals surface area contributed by atoms with Crippen molar-refractivity contribution >= 4 is 5.69 Å². The number of benzene rings is 1. The second-order valence-corrected chi connectivity index (χ2v) is 5.06. The van der Waals surface area contributed by atoms with Gasteiger partial charge in [-0.15, -0.1) is 0 Å². The standard InChI is InChI=1S/C14H19F3N2/c1-3-14(4-2)9-19(6-5-18-14)10-7-11(15)13(17)12(16)8-10/h7-8,18H,3-6,9H2,1-2H3. The monoisotopic (exact) mass is 272 g/mol. The highest BCUT2D eigenvalue weighted by atomic mass is 19.2. The molecule has 1 aliphatic heterocycles. The molecule has 1 heterocycles. The molecule has 1 aliphatic rings. The summed E-state index contributed by atoms with van der Waals surface area (Å²) in [5.41, 5.74) is 0.365. The van der Waals surface area contributed by atoms with Crippen LogP contribution in [0.3, 0.4) is 0 Å². The summed E-state index contributed by atoms with van der Waals surface area (Å²) in [6, 6.07) is 2.14. The van der Waals surface area contributed by atoms with Crippen molar-refractivity contribution in [3.8, 4) is 0 Å². The molecule has 1 aromatic rings. The minimum atomic E-state index is -1.41. The maximum atomic E-state index is 13.3. The third-order valence-corrected chi connectivity index (χ3v) is 4.06. The van der Waals surface area contributed by atoms with Crippen LogP contribution in [0, 0.1) is 17.5 Å². The summed E-state index contributed by atoms with van der Waals surface area (Å²) in [4.78, 5) is 1.91. The Bertz CT molecular complexity index is 435. The van der Waals surface area contributed by atoms with Crippen molar-refractivity contribution in [2.45, 2.75) is 32.2 Å². The maximum absolute atomic E-state index is 13.3. The molecule has 0 aromatic heterocycles. The topological polar surface area (TPSA) is 15.3 Å². The minimum absolute atomic E-state index is 0.0421. The van der Waals surface area contributed by atoms with Gasteiger partial charge in [0, 0.05) is 43.0 Å². The van der Waals surface area contributed by atoms with Gasteiger partial charge in [-0.1, -0.05) is 13.8 Å². The number of anilines is 1. The minimum Gasteiger partial charge on any atom is -0.368 e. The molecule has 0 unspecified atom stereocenters. The number of hydrogen-bond donors (Lipinski definition) is 1. The lowest BCUT2D eigenvalue weighted by Crippen LogP contribution is -2.60. The third kappa shape index (κ3) is 2.71. The van der Waals surface area contributed by atoms with Crippen LogP contribution in [0.4, 0.5) is 18.9 Å². The quantitative estimate of drug-likeness (QED) is 0.851. The zero-order chi connectivity index (χ0) is 14.0. The molecule has 106 valence electrons. The van der Waals surface area contributed by atoms with E-state index in [0.717, 1.165) is 31.5 Å². The Morgan fingerprint density at radius 2 is 1.74 bits per heavy atom. The van der Waals surface area contributed by atoms with E-state index >= 15 is 0 Å². The first-order chi connectivity index (χ1) is 9.01. The number of halogens is 3. The predicted octanol–water partition coefficient (Wildman–Crippen LogP) is 3.07. The number of hydrogen-bond acceptors (Lipinski definition) is 2. The van der Waals surface area contributed by atoms with E-state index in [9.17, 15) is 13.2 Å². The van der Waals surface area contributed by atoms with E-state index in [1.165, 1.54) is 0 Å². The molecule has 0 amide bonds. The van der Waals surface area contributed by atoms with Gasteiger partial charge in [-0.2, -0.15) is 0 Å². The van der Waals surface area contributed by atoms with Crippen LogP contribution < -0.4 is 10.2 Å². The van der Waals surface area contributed by atoms with Crippen molar-refractivity contribution in [3.05, 3.63) is 29.6 Å². The molecule has 0 radical (unpaired) electrons. The fourth-order valence-corrected chi connectivity index (χ4v) is 2.63. The molecule has 1 saturated heterocycles.